The van der Waals surface area contributed by atoms with Crippen molar-refractivity contribution in [2.75, 3.05) is 0 Å². The molecule has 3 aromatic carbocycles. The lowest BCUT2D eigenvalue weighted by molar-refractivity contribution is -0.132. The second-order valence-corrected chi connectivity index (χ2v) is 6.73. The minimum Gasteiger partial charge on any atom is -0.319 e. The third kappa shape index (κ3) is 2.76. The summed E-state index contributed by atoms with van der Waals surface area (Å²) in [4.78, 5) is 27.1. The summed E-state index contributed by atoms with van der Waals surface area (Å²) >= 11 is 0. The molecule has 3 amide bonds. The summed E-state index contributed by atoms with van der Waals surface area (Å²) < 4.78 is 13.3. The number of urea groups is 1. The van der Waals surface area contributed by atoms with Crippen LogP contribution in [0, 0.1) is 5.82 Å². The molecule has 1 aliphatic rings. The van der Waals surface area contributed by atoms with Crippen molar-refractivity contribution >= 4 is 22.7 Å². The zero-order valence-electron chi connectivity index (χ0n) is 14.9. The second kappa shape index (κ2) is 6.50. The van der Waals surface area contributed by atoms with Crippen molar-refractivity contribution in [2.24, 2.45) is 0 Å². The molecule has 0 radical (unpaired) electrons. The number of rotatable bonds is 4. The summed E-state index contributed by atoms with van der Waals surface area (Å²) in [6.07, 6.45) is 0.384. The summed E-state index contributed by atoms with van der Waals surface area (Å²) in [6.45, 7) is 2.03. The minimum absolute atomic E-state index is 0.189. The number of halogens is 1. The Bertz CT molecular complexity index is 1030. The average molecular weight is 362 g/mol. The van der Waals surface area contributed by atoms with Crippen LogP contribution in [0.2, 0.25) is 0 Å². The molecule has 1 N–H and O–H groups in total. The third-order valence-corrected chi connectivity index (χ3v) is 5.25. The van der Waals surface area contributed by atoms with Gasteiger partial charge in [0.1, 0.15) is 11.4 Å². The van der Waals surface area contributed by atoms with Crippen molar-refractivity contribution in [3.63, 3.8) is 0 Å². The van der Waals surface area contributed by atoms with Crippen molar-refractivity contribution in [3.8, 4) is 0 Å². The smallest absolute Gasteiger partial charge is 0.319 e. The minimum atomic E-state index is -1.16. The van der Waals surface area contributed by atoms with Crippen molar-refractivity contribution < 1.29 is 14.0 Å². The largest absolute Gasteiger partial charge is 0.325 e. The summed E-state index contributed by atoms with van der Waals surface area (Å²) in [7, 11) is 0. The molecule has 1 aliphatic heterocycles. The van der Waals surface area contributed by atoms with Crippen LogP contribution in [0.3, 0.4) is 0 Å². The van der Waals surface area contributed by atoms with Crippen LogP contribution in [0.25, 0.3) is 10.8 Å². The molecule has 0 spiro atoms. The van der Waals surface area contributed by atoms with Crippen LogP contribution in [-0.4, -0.2) is 16.8 Å². The average Bonchev–Trinajstić information content (AvgIpc) is 2.94. The highest BCUT2D eigenvalue weighted by molar-refractivity contribution is 6.07. The summed E-state index contributed by atoms with van der Waals surface area (Å²) in [5.74, 6) is -0.691. The molecule has 0 saturated carbocycles. The second-order valence-electron chi connectivity index (χ2n) is 6.73. The Hall–Kier alpha value is -3.21. The molecule has 4 rings (SSSR count). The number of imide groups is 1. The van der Waals surface area contributed by atoms with E-state index in [1.54, 1.807) is 12.1 Å². The van der Waals surface area contributed by atoms with Gasteiger partial charge in [0.05, 0.1) is 6.54 Å². The lowest BCUT2D eigenvalue weighted by atomic mass is 9.87. The molecule has 0 bridgehead atoms. The molecular formula is C22H19FN2O2. The van der Waals surface area contributed by atoms with Gasteiger partial charge >= 0.3 is 6.03 Å². The third-order valence-electron chi connectivity index (χ3n) is 5.25. The zero-order valence-corrected chi connectivity index (χ0v) is 14.9. The first-order valence-corrected chi connectivity index (χ1v) is 8.92. The Labute approximate surface area is 156 Å². The molecule has 0 aliphatic carbocycles. The Balaban J connectivity index is 1.71. The van der Waals surface area contributed by atoms with Gasteiger partial charge in [-0.15, -0.1) is 0 Å². The standard InChI is InChI=1S/C22H19FN2O2/c1-2-22(17-10-12-18(23)13-11-17)20(26)25(21(27)24-22)14-16-8-5-7-15-6-3-4-9-19(15)16/h3-13H,2,14H2,1H3,(H,24,27)/t22-/m0/s1. The molecule has 5 heteroatoms. The molecule has 3 aromatic rings. The van der Waals surface area contributed by atoms with Crippen LogP contribution in [0.15, 0.2) is 66.7 Å². The molecule has 136 valence electrons. The number of amides is 3. The molecule has 27 heavy (non-hydrogen) atoms. The molecule has 1 saturated heterocycles. The van der Waals surface area contributed by atoms with Gasteiger partial charge in [0.15, 0.2) is 0 Å². The summed E-state index contributed by atoms with van der Waals surface area (Å²) in [5.41, 5.74) is 0.336. The number of nitrogens with one attached hydrogen (secondary N) is 1. The number of fused-ring (bicyclic) bond motifs is 1. The van der Waals surface area contributed by atoms with Crippen LogP contribution in [-0.2, 0) is 16.9 Å². The monoisotopic (exact) mass is 362 g/mol. The van der Waals surface area contributed by atoms with Gasteiger partial charge in [-0.3, -0.25) is 9.69 Å². The summed E-state index contributed by atoms with van der Waals surface area (Å²) in [6, 6.07) is 19.0. The Morgan fingerprint density at radius 3 is 2.41 bits per heavy atom. The first-order chi connectivity index (χ1) is 13.0. The highest BCUT2D eigenvalue weighted by Gasteiger charge is 2.51. The number of benzene rings is 3. The topological polar surface area (TPSA) is 49.4 Å². The van der Waals surface area contributed by atoms with Crippen LogP contribution in [0.4, 0.5) is 9.18 Å². The van der Waals surface area contributed by atoms with E-state index in [-0.39, 0.29) is 18.3 Å². The predicted octanol–water partition coefficient (Wildman–Crippen LogP) is 4.34. The molecule has 0 unspecified atom stereocenters. The number of nitrogens with zero attached hydrogens (tertiary/aromatic N) is 1. The van der Waals surface area contributed by atoms with Crippen LogP contribution >= 0.6 is 0 Å². The SMILES string of the molecule is CC[C@@]1(c2ccc(F)cc2)NC(=O)N(Cc2cccc3ccccc23)C1=O. The molecule has 1 fully saturated rings. The fourth-order valence-corrected chi connectivity index (χ4v) is 3.74. The Morgan fingerprint density at radius 2 is 1.67 bits per heavy atom. The van der Waals surface area contributed by atoms with E-state index in [0.717, 1.165) is 16.3 Å². The van der Waals surface area contributed by atoms with Crippen LogP contribution in [0.1, 0.15) is 24.5 Å². The van der Waals surface area contributed by atoms with E-state index in [9.17, 15) is 14.0 Å². The van der Waals surface area contributed by atoms with Gasteiger partial charge < -0.3 is 5.32 Å². The lowest BCUT2D eigenvalue weighted by Crippen LogP contribution is -2.43. The van der Waals surface area contributed by atoms with E-state index in [4.69, 9.17) is 0 Å². The van der Waals surface area contributed by atoms with Crippen molar-refractivity contribution in [3.05, 3.63) is 83.7 Å². The predicted molar refractivity (Wildman–Crippen MR) is 101 cm³/mol. The first-order valence-electron chi connectivity index (χ1n) is 8.92. The van der Waals surface area contributed by atoms with E-state index >= 15 is 0 Å². The van der Waals surface area contributed by atoms with E-state index in [0.29, 0.717) is 12.0 Å². The van der Waals surface area contributed by atoms with Gasteiger partial charge in [-0.2, -0.15) is 0 Å². The highest BCUT2D eigenvalue weighted by Crippen LogP contribution is 2.34. The van der Waals surface area contributed by atoms with Crippen molar-refractivity contribution in [2.45, 2.75) is 25.4 Å². The van der Waals surface area contributed by atoms with Gasteiger partial charge in [-0.25, -0.2) is 9.18 Å². The molecule has 1 heterocycles. The van der Waals surface area contributed by atoms with E-state index in [1.807, 2.05) is 49.4 Å². The maximum Gasteiger partial charge on any atom is 0.325 e. The van der Waals surface area contributed by atoms with Crippen LogP contribution < -0.4 is 5.32 Å². The molecule has 4 nitrogen and oxygen atoms in total. The lowest BCUT2D eigenvalue weighted by Gasteiger charge is -2.26. The van der Waals surface area contributed by atoms with Crippen molar-refractivity contribution in [1.82, 2.24) is 10.2 Å². The van der Waals surface area contributed by atoms with E-state index < -0.39 is 11.6 Å². The molecular weight excluding hydrogens is 343 g/mol. The number of hydrogen-bond acceptors (Lipinski definition) is 2. The maximum atomic E-state index is 13.3. The van der Waals surface area contributed by atoms with Gasteiger partial charge in [0, 0.05) is 0 Å². The first kappa shape index (κ1) is 17.2. The molecule has 0 aromatic heterocycles. The number of carbonyl (C=O) groups is 2. The normalized spacial score (nSPS) is 19.6. The maximum absolute atomic E-state index is 13.3. The van der Waals surface area contributed by atoms with Gasteiger partial charge in [0.2, 0.25) is 0 Å². The summed E-state index contributed by atoms with van der Waals surface area (Å²) in [5, 5.41) is 4.90. The Morgan fingerprint density at radius 1 is 0.963 bits per heavy atom. The fourth-order valence-electron chi connectivity index (χ4n) is 3.74. The van der Waals surface area contributed by atoms with E-state index in [2.05, 4.69) is 5.32 Å². The van der Waals surface area contributed by atoms with Gasteiger partial charge in [0.25, 0.3) is 5.91 Å². The Kier molecular flexibility index (Phi) is 4.15. The fraction of sp³-hybridized carbons (Fsp3) is 0.182. The number of hydrogen-bond donors (Lipinski definition) is 1. The van der Waals surface area contributed by atoms with Crippen LogP contribution in [0.5, 0.6) is 0 Å². The number of carbonyl (C=O) groups excluding carboxylic acids is 2. The van der Waals surface area contributed by atoms with Gasteiger partial charge in [-0.05, 0) is 40.5 Å². The van der Waals surface area contributed by atoms with Gasteiger partial charge in [-0.1, -0.05) is 61.5 Å². The molecule has 1 atom stereocenters. The quantitative estimate of drug-likeness (QED) is 0.702. The highest BCUT2D eigenvalue weighted by atomic mass is 19.1. The van der Waals surface area contributed by atoms with Crippen molar-refractivity contribution in [1.29, 1.82) is 0 Å². The van der Waals surface area contributed by atoms with E-state index in [1.165, 1.54) is 17.0 Å². The zero-order chi connectivity index (χ0) is 19.0.